The van der Waals surface area contributed by atoms with Crippen LogP contribution in [-0.2, 0) is 0 Å². The van der Waals surface area contributed by atoms with E-state index in [0.29, 0.717) is 5.92 Å². The van der Waals surface area contributed by atoms with E-state index in [0.717, 1.165) is 18.2 Å². The molecule has 0 amide bonds. The standard InChI is InChI=1S/C12H21N3O/c1-9(13-2)11-7-14-12(16-11)10-5-4-6-15(3)8-10/h7,9-10,13H,4-6,8H2,1-3H3. The Kier molecular flexibility index (Phi) is 3.61. The van der Waals surface area contributed by atoms with E-state index in [1.807, 2.05) is 13.2 Å². The zero-order chi connectivity index (χ0) is 11.5. The number of aromatic nitrogens is 1. The minimum absolute atomic E-state index is 0.238. The van der Waals surface area contributed by atoms with E-state index in [1.54, 1.807) is 0 Å². The maximum absolute atomic E-state index is 5.82. The fraction of sp³-hybridized carbons (Fsp3) is 0.750. The molecule has 0 radical (unpaired) electrons. The lowest BCUT2D eigenvalue weighted by Gasteiger charge is -2.27. The summed E-state index contributed by atoms with van der Waals surface area (Å²) in [7, 11) is 4.09. The van der Waals surface area contributed by atoms with Crippen LogP contribution >= 0.6 is 0 Å². The molecule has 1 fully saturated rings. The summed E-state index contributed by atoms with van der Waals surface area (Å²) < 4.78 is 5.82. The quantitative estimate of drug-likeness (QED) is 0.848. The van der Waals surface area contributed by atoms with Gasteiger partial charge in [-0.1, -0.05) is 0 Å². The molecule has 0 aliphatic carbocycles. The molecule has 2 rings (SSSR count). The molecule has 1 aromatic heterocycles. The van der Waals surface area contributed by atoms with Crippen molar-refractivity contribution in [3.8, 4) is 0 Å². The van der Waals surface area contributed by atoms with Gasteiger partial charge in [-0.25, -0.2) is 4.98 Å². The van der Waals surface area contributed by atoms with Crippen LogP contribution in [0, 0.1) is 0 Å². The predicted molar refractivity (Wildman–Crippen MR) is 63.4 cm³/mol. The van der Waals surface area contributed by atoms with Gasteiger partial charge in [-0.3, -0.25) is 0 Å². The number of nitrogens with one attached hydrogen (secondary N) is 1. The topological polar surface area (TPSA) is 41.3 Å². The lowest BCUT2D eigenvalue weighted by Crippen LogP contribution is -2.30. The first-order valence-electron chi connectivity index (χ1n) is 6.02. The second-order valence-electron chi connectivity index (χ2n) is 4.71. The third-order valence-electron chi connectivity index (χ3n) is 3.37. The molecular weight excluding hydrogens is 202 g/mol. The normalized spacial score (nSPS) is 24.6. The van der Waals surface area contributed by atoms with E-state index >= 15 is 0 Å². The van der Waals surface area contributed by atoms with Gasteiger partial charge < -0.3 is 14.6 Å². The number of nitrogens with zero attached hydrogens (tertiary/aromatic N) is 2. The minimum Gasteiger partial charge on any atom is -0.444 e. The third-order valence-corrected chi connectivity index (χ3v) is 3.37. The van der Waals surface area contributed by atoms with Crippen molar-refractivity contribution in [1.82, 2.24) is 15.2 Å². The number of oxazole rings is 1. The van der Waals surface area contributed by atoms with Crippen molar-refractivity contribution in [3.05, 3.63) is 17.8 Å². The van der Waals surface area contributed by atoms with Crippen molar-refractivity contribution in [2.75, 3.05) is 27.2 Å². The second-order valence-corrected chi connectivity index (χ2v) is 4.71. The summed E-state index contributed by atoms with van der Waals surface area (Å²) in [6.45, 7) is 4.34. The molecule has 0 aromatic carbocycles. The maximum atomic E-state index is 5.82. The number of rotatable bonds is 3. The van der Waals surface area contributed by atoms with Gasteiger partial charge in [0.2, 0.25) is 0 Å². The highest BCUT2D eigenvalue weighted by Gasteiger charge is 2.23. The highest BCUT2D eigenvalue weighted by molar-refractivity contribution is 5.04. The molecule has 4 heteroatoms. The van der Waals surface area contributed by atoms with E-state index in [4.69, 9.17) is 4.42 Å². The minimum atomic E-state index is 0.238. The highest BCUT2D eigenvalue weighted by Crippen LogP contribution is 2.27. The second kappa shape index (κ2) is 4.97. The zero-order valence-electron chi connectivity index (χ0n) is 10.4. The van der Waals surface area contributed by atoms with E-state index in [1.165, 1.54) is 19.4 Å². The molecule has 2 atom stereocenters. The summed E-state index contributed by atoms with van der Waals surface area (Å²) >= 11 is 0. The largest absolute Gasteiger partial charge is 0.444 e. The van der Waals surface area contributed by atoms with Crippen LogP contribution in [0.2, 0.25) is 0 Å². The van der Waals surface area contributed by atoms with Gasteiger partial charge in [-0.05, 0) is 40.4 Å². The van der Waals surface area contributed by atoms with Crippen molar-refractivity contribution in [2.45, 2.75) is 31.7 Å². The Hall–Kier alpha value is -0.870. The van der Waals surface area contributed by atoms with Crippen molar-refractivity contribution >= 4 is 0 Å². The number of hydrogen-bond donors (Lipinski definition) is 1. The van der Waals surface area contributed by atoms with Crippen LogP contribution in [0.5, 0.6) is 0 Å². The summed E-state index contributed by atoms with van der Waals surface area (Å²) in [4.78, 5) is 6.76. The molecule has 0 bridgehead atoms. The van der Waals surface area contributed by atoms with Crippen molar-refractivity contribution in [3.63, 3.8) is 0 Å². The molecule has 1 aromatic rings. The van der Waals surface area contributed by atoms with Crippen LogP contribution in [0.25, 0.3) is 0 Å². The molecule has 16 heavy (non-hydrogen) atoms. The Labute approximate surface area is 97.0 Å². The molecule has 1 aliphatic rings. The molecule has 90 valence electrons. The lowest BCUT2D eigenvalue weighted by molar-refractivity contribution is 0.226. The monoisotopic (exact) mass is 223 g/mol. The van der Waals surface area contributed by atoms with Crippen molar-refractivity contribution in [1.29, 1.82) is 0 Å². The Morgan fingerprint density at radius 2 is 2.44 bits per heavy atom. The van der Waals surface area contributed by atoms with E-state index in [2.05, 4.69) is 29.2 Å². The first kappa shape index (κ1) is 11.6. The fourth-order valence-electron chi connectivity index (χ4n) is 2.20. The molecule has 1 N–H and O–H groups in total. The van der Waals surface area contributed by atoms with Gasteiger partial charge in [0.15, 0.2) is 5.89 Å². The van der Waals surface area contributed by atoms with E-state index in [-0.39, 0.29) is 6.04 Å². The maximum Gasteiger partial charge on any atom is 0.198 e. The van der Waals surface area contributed by atoms with Crippen LogP contribution in [0.1, 0.15) is 43.4 Å². The smallest absolute Gasteiger partial charge is 0.198 e. The Morgan fingerprint density at radius 1 is 1.62 bits per heavy atom. The molecule has 2 unspecified atom stereocenters. The number of hydrogen-bond acceptors (Lipinski definition) is 4. The molecule has 2 heterocycles. The molecule has 0 spiro atoms. The highest BCUT2D eigenvalue weighted by atomic mass is 16.4. The van der Waals surface area contributed by atoms with Gasteiger partial charge in [0, 0.05) is 12.5 Å². The summed E-state index contributed by atoms with van der Waals surface area (Å²) in [6, 6.07) is 0.238. The van der Waals surface area contributed by atoms with Gasteiger partial charge in [0.1, 0.15) is 5.76 Å². The third kappa shape index (κ3) is 2.44. The number of likely N-dealkylation sites (N-methyl/N-ethyl adjacent to an activating group) is 1. The number of likely N-dealkylation sites (tertiary alicyclic amines) is 1. The molecule has 4 nitrogen and oxygen atoms in total. The van der Waals surface area contributed by atoms with Gasteiger partial charge >= 0.3 is 0 Å². The molecule has 0 saturated carbocycles. The van der Waals surface area contributed by atoms with Crippen molar-refractivity contribution in [2.24, 2.45) is 0 Å². The summed E-state index contributed by atoms with van der Waals surface area (Å²) in [5.74, 6) is 2.31. The van der Waals surface area contributed by atoms with Crippen LogP contribution < -0.4 is 5.32 Å². The molecule has 1 saturated heterocycles. The first-order chi connectivity index (χ1) is 7.70. The average molecular weight is 223 g/mol. The van der Waals surface area contributed by atoms with Gasteiger partial charge in [0.05, 0.1) is 12.2 Å². The van der Waals surface area contributed by atoms with Crippen LogP contribution in [0.3, 0.4) is 0 Å². The Balaban J connectivity index is 2.06. The van der Waals surface area contributed by atoms with Gasteiger partial charge in [0.25, 0.3) is 0 Å². The first-order valence-corrected chi connectivity index (χ1v) is 6.02. The van der Waals surface area contributed by atoms with Gasteiger partial charge in [-0.2, -0.15) is 0 Å². The summed E-state index contributed by atoms with van der Waals surface area (Å²) in [5, 5.41) is 3.16. The zero-order valence-corrected chi connectivity index (χ0v) is 10.4. The SMILES string of the molecule is CNC(C)c1cnc(C2CCCN(C)C2)o1. The lowest BCUT2D eigenvalue weighted by atomic mass is 9.99. The summed E-state index contributed by atoms with van der Waals surface area (Å²) in [6.07, 6.45) is 4.28. The van der Waals surface area contributed by atoms with E-state index in [9.17, 15) is 0 Å². The van der Waals surface area contributed by atoms with Gasteiger partial charge in [-0.15, -0.1) is 0 Å². The fourth-order valence-corrected chi connectivity index (χ4v) is 2.20. The van der Waals surface area contributed by atoms with Crippen LogP contribution in [0.15, 0.2) is 10.6 Å². The number of piperidine rings is 1. The van der Waals surface area contributed by atoms with Crippen molar-refractivity contribution < 1.29 is 4.42 Å². The van der Waals surface area contributed by atoms with Crippen LogP contribution in [0.4, 0.5) is 0 Å². The van der Waals surface area contributed by atoms with Crippen LogP contribution in [-0.4, -0.2) is 37.1 Å². The molecular formula is C12H21N3O. The summed E-state index contributed by atoms with van der Waals surface area (Å²) in [5.41, 5.74) is 0. The Bertz CT molecular complexity index is 337. The molecule has 1 aliphatic heterocycles. The van der Waals surface area contributed by atoms with E-state index < -0.39 is 0 Å². The average Bonchev–Trinajstić information content (AvgIpc) is 2.77. The predicted octanol–water partition coefficient (Wildman–Crippen LogP) is 1.76. The Morgan fingerprint density at radius 3 is 3.12 bits per heavy atom.